The van der Waals surface area contributed by atoms with Gasteiger partial charge in [-0.3, -0.25) is 4.79 Å². The van der Waals surface area contributed by atoms with E-state index in [1.165, 1.54) is 0 Å². The van der Waals surface area contributed by atoms with Crippen LogP contribution in [0.3, 0.4) is 0 Å². The number of rotatable bonds is 3. The molecule has 1 aromatic rings. The first-order valence-electron chi connectivity index (χ1n) is 4.94. The maximum atomic E-state index is 13.5. The summed E-state index contributed by atoms with van der Waals surface area (Å²) in [6.07, 6.45) is -4.93. The smallest absolute Gasteiger partial charge is 0.416 e. The Labute approximate surface area is 113 Å². The van der Waals surface area contributed by atoms with Gasteiger partial charge in [0.05, 0.1) is 19.1 Å². The molecule has 0 amide bonds. The van der Waals surface area contributed by atoms with Gasteiger partial charge >= 0.3 is 12.1 Å². The van der Waals surface area contributed by atoms with Crippen LogP contribution in [0.4, 0.5) is 17.6 Å². The molecule has 8 heteroatoms. The molecule has 0 radical (unpaired) electrons. The van der Waals surface area contributed by atoms with Crippen LogP contribution in [0.15, 0.2) is 18.2 Å². The number of esters is 1. The van der Waals surface area contributed by atoms with E-state index >= 15 is 0 Å². The summed E-state index contributed by atoms with van der Waals surface area (Å²) in [5, 5.41) is 0. The van der Waals surface area contributed by atoms with Crippen LogP contribution in [-0.4, -0.2) is 13.1 Å². The van der Waals surface area contributed by atoms with E-state index in [2.05, 4.69) is 4.74 Å². The first-order valence-corrected chi connectivity index (χ1v) is 4.94. The van der Waals surface area contributed by atoms with Gasteiger partial charge in [-0.15, -0.1) is 12.4 Å². The van der Waals surface area contributed by atoms with Crippen molar-refractivity contribution < 1.29 is 27.1 Å². The Kier molecular flexibility index (Phi) is 6.24. The molecule has 0 aliphatic carbocycles. The maximum absolute atomic E-state index is 13.5. The fourth-order valence-corrected chi connectivity index (χ4v) is 1.38. The van der Waals surface area contributed by atoms with E-state index in [1.807, 2.05) is 0 Å². The number of halogens is 5. The molecule has 0 aliphatic rings. The van der Waals surface area contributed by atoms with Crippen LogP contribution in [0, 0.1) is 5.82 Å². The minimum absolute atomic E-state index is 0. The average molecular weight is 302 g/mol. The maximum Gasteiger partial charge on any atom is 0.416 e. The molecule has 1 rings (SSSR count). The minimum atomic E-state index is -4.62. The van der Waals surface area contributed by atoms with Crippen molar-refractivity contribution in [2.45, 2.75) is 18.6 Å². The molecule has 1 atom stereocenters. The molecule has 0 fully saturated rings. The van der Waals surface area contributed by atoms with Crippen molar-refractivity contribution in [3.8, 4) is 0 Å². The number of nitrogens with two attached hydrogens (primary N) is 1. The lowest BCUT2D eigenvalue weighted by molar-refractivity contribution is -0.141. The van der Waals surface area contributed by atoms with E-state index in [0.717, 1.165) is 19.2 Å². The molecule has 19 heavy (non-hydrogen) atoms. The number of carbonyl (C=O) groups is 1. The summed E-state index contributed by atoms with van der Waals surface area (Å²) in [4.78, 5) is 10.9. The number of hydrogen-bond donors (Lipinski definition) is 1. The van der Waals surface area contributed by atoms with Crippen molar-refractivity contribution >= 4 is 18.4 Å². The van der Waals surface area contributed by atoms with Crippen molar-refractivity contribution in [2.75, 3.05) is 7.11 Å². The van der Waals surface area contributed by atoms with Crippen LogP contribution in [0.2, 0.25) is 0 Å². The minimum Gasteiger partial charge on any atom is -0.469 e. The zero-order chi connectivity index (χ0) is 13.9. The van der Waals surface area contributed by atoms with Crippen molar-refractivity contribution in [3.05, 3.63) is 35.1 Å². The summed E-state index contributed by atoms with van der Waals surface area (Å²) in [7, 11) is 1.14. The van der Waals surface area contributed by atoms with Crippen LogP contribution in [0.25, 0.3) is 0 Å². The highest BCUT2D eigenvalue weighted by molar-refractivity contribution is 5.85. The topological polar surface area (TPSA) is 52.3 Å². The fraction of sp³-hybridized carbons (Fsp3) is 0.364. The summed E-state index contributed by atoms with van der Waals surface area (Å²) in [6.45, 7) is 0. The van der Waals surface area contributed by atoms with Gasteiger partial charge in [0.2, 0.25) is 0 Å². The molecule has 0 saturated carbocycles. The third-order valence-corrected chi connectivity index (χ3v) is 2.34. The van der Waals surface area contributed by atoms with Crippen molar-refractivity contribution in [1.82, 2.24) is 0 Å². The standard InChI is InChI=1S/C11H11F4NO2.ClH/c1-18-10(17)5-9(16)7-3-2-6(4-8(7)12)11(13,14)15;/h2-4,9H,5,16H2,1H3;1H/t9-;/m1./s1. The largest absolute Gasteiger partial charge is 0.469 e. The van der Waals surface area contributed by atoms with Crippen molar-refractivity contribution in [1.29, 1.82) is 0 Å². The summed E-state index contributed by atoms with van der Waals surface area (Å²) in [5.74, 6) is -1.76. The highest BCUT2D eigenvalue weighted by Crippen LogP contribution is 2.31. The van der Waals surface area contributed by atoms with Gasteiger partial charge in [-0.25, -0.2) is 4.39 Å². The number of hydrogen-bond acceptors (Lipinski definition) is 3. The Balaban J connectivity index is 0.00000324. The van der Waals surface area contributed by atoms with Gasteiger partial charge < -0.3 is 10.5 Å². The predicted octanol–water partition coefficient (Wildman–Crippen LogP) is 2.83. The molecule has 0 aliphatic heterocycles. The molecule has 2 N–H and O–H groups in total. The van der Waals surface area contributed by atoms with Gasteiger partial charge in [-0.2, -0.15) is 13.2 Å². The van der Waals surface area contributed by atoms with Gasteiger partial charge in [0, 0.05) is 11.6 Å². The lowest BCUT2D eigenvalue weighted by Crippen LogP contribution is -2.18. The quantitative estimate of drug-likeness (QED) is 0.690. The Hall–Kier alpha value is -1.34. The van der Waals surface area contributed by atoms with Gasteiger partial charge in [0.15, 0.2) is 0 Å². The van der Waals surface area contributed by atoms with Gasteiger partial charge in [-0.1, -0.05) is 6.07 Å². The van der Waals surface area contributed by atoms with E-state index in [4.69, 9.17) is 5.73 Å². The zero-order valence-corrected chi connectivity index (χ0v) is 10.6. The molecule has 0 aromatic heterocycles. The van der Waals surface area contributed by atoms with E-state index < -0.39 is 29.6 Å². The fourth-order valence-electron chi connectivity index (χ4n) is 1.38. The normalized spacial score (nSPS) is 12.5. The SMILES string of the molecule is COC(=O)C[C@@H](N)c1ccc(C(F)(F)F)cc1F.Cl. The van der Waals surface area contributed by atoms with Crippen LogP contribution >= 0.6 is 12.4 Å². The predicted molar refractivity (Wildman–Crippen MR) is 62.2 cm³/mol. The Bertz CT molecular complexity index is 451. The molecule has 108 valence electrons. The summed E-state index contributed by atoms with van der Waals surface area (Å²) >= 11 is 0. The highest BCUT2D eigenvalue weighted by atomic mass is 35.5. The lowest BCUT2D eigenvalue weighted by atomic mass is 10.0. The lowest BCUT2D eigenvalue weighted by Gasteiger charge is -2.13. The van der Waals surface area contributed by atoms with Crippen molar-refractivity contribution in [2.24, 2.45) is 5.73 Å². The van der Waals surface area contributed by atoms with Crippen LogP contribution < -0.4 is 5.73 Å². The second-order valence-corrected chi connectivity index (χ2v) is 3.62. The number of alkyl halides is 3. The van der Waals surface area contributed by atoms with E-state index in [-0.39, 0.29) is 24.4 Å². The molecule has 1 aromatic carbocycles. The Morgan fingerprint density at radius 3 is 2.42 bits per heavy atom. The molecule has 0 saturated heterocycles. The summed E-state index contributed by atoms with van der Waals surface area (Å²) in [6, 6.07) is 0.952. The highest BCUT2D eigenvalue weighted by Gasteiger charge is 2.31. The molecule has 0 heterocycles. The number of ether oxygens (including phenoxy) is 1. The third kappa shape index (κ3) is 4.68. The molecular weight excluding hydrogens is 290 g/mol. The Morgan fingerprint density at radius 1 is 1.42 bits per heavy atom. The van der Waals surface area contributed by atoms with Gasteiger partial charge in [-0.05, 0) is 12.1 Å². The number of methoxy groups -OCH3 is 1. The molecule has 0 unspecified atom stereocenters. The first-order chi connectivity index (χ1) is 8.25. The second kappa shape index (κ2) is 6.72. The molecule has 0 bridgehead atoms. The molecule has 0 spiro atoms. The summed E-state index contributed by atoms with van der Waals surface area (Å²) < 4.78 is 54.7. The van der Waals surface area contributed by atoms with Crippen LogP contribution in [-0.2, 0) is 15.7 Å². The zero-order valence-electron chi connectivity index (χ0n) is 9.83. The second-order valence-electron chi connectivity index (χ2n) is 3.62. The monoisotopic (exact) mass is 301 g/mol. The van der Waals surface area contributed by atoms with E-state index in [1.54, 1.807) is 0 Å². The third-order valence-electron chi connectivity index (χ3n) is 2.34. The van der Waals surface area contributed by atoms with Crippen molar-refractivity contribution in [3.63, 3.8) is 0 Å². The first kappa shape index (κ1) is 17.7. The van der Waals surface area contributed by atoms with Gasteiger partial charge in [0.1, 0.15) is 5.82 Å². The number of benzene rings is 1. The van der Waals surface area contributed by atoms with Crippen LogP contribution in [0.1, 0.15) is 23.6 Å². The molecular formula is C11H12ClF4NO2. The van der Waals surface area contributed by atoms with E-state index in [0.29, 0.717) is 6.07 Å². The van der Waals surface area contributed by atoms with Crippen LogP contribution in [0.5, 0.6) is 0 Å². The summed E-state index contributed by atoms with van der Waals surface area (Å²) in [5.41, 5.74) is 4.25. The molecule has 3 nitrogen and oxygen atoms in total. The van der Waals surface area contributed by atoms with Gasteiger partial charge in [0.25, 0.3) is 0 Å². The number of carbonyl (C=O) groups excluding carboxylic acids is 1. The average Bonchev–Trinajstić information content (AvgIpc) is 2.27. The Morgan fingerprint density at radius 2 is 2.00 bits per heavy atom. The van der Waals surface area contributed by atoms with E-state index in [9.17, 15) is 22.4 Å².